The van der Waals surface area contributed by atoms with E-state index in [2.05, 4.69) is 24.7 Å². The van der Waals surface area contributed by atoms with Crippen molar-refractivity contribution in [2.45, 2.75) is 31.1 Å². The summed E-state index contributed by atoms with van der Waals surface area (Å²) in [4.78, 5) is 17.2. The lowest BCUT2D eigenvalue weighted by atomic mass is 9.87. The third kappa shape index (κ3) is 6.35. The maximum absolute atomic E-state index is 13.5. The molecule has 4 aromatic rings. The van der Waals surface area contributed by atoms with Gasteiger partial charge in [-0.1, -0.05) is 56.6 Å². The molecule has 2 aromatic heterocycles. The zero-order valence-corrected chi connectivity index (χ0v) is 24.3. The Morgan fingerprint density at radius 2 is 1.35 bits per heavy atom. The van der Waals surface area contributed by atoms with Gasteiger partial charge in [0.1, 0.15) is 0 Å². The van der Waals surface area contributed by atoms with Gasteiger partial charge in [0, 0.05) is 0 Å². The fraction of sp³-hybridized carbons (Fsp3) is 0.259. The van der Waals surface area contributed by atoms with Crippen LogP contribution in [0.5, 0.6) is 29.0 Å². The summed E-state index contributed by atoms with van der Waals surface area (Å²) in [6.07, 6.45) is 0. The summed E-state index contributed by atoms with van der Waals surface area (Å²) in [7, 11) is 0.176. The number of anilines is 1. The molecule has 2 heterocycles. The second kappa shape index (κ2) is 11.5. The van der Waals surface area contributed by atoms with Gasteiger partial charge in [0.25, 0.3) is 10.0 Å². The summed E-state index contributed by atoms with van der Waals surface area (Å²) in [5.41, 5.74) is 0.821. The van der Waals surface area contributed by atoms with Crippen molar-refractivity contribution >= 4 is 27.4 Å². The van der Waals surface area contributed by atoms with Crippen LogP contribution in [0.4, 0.5) is 5.82 Å². The first-order valence-corrected chi connectivity index (χ1v) is 13.8. The standard InChI is InChI=1S/C27H28ClN5O6S/c1-27(2,3)16-11-13-17(14-12-16)40(34,35)33-24-22(39-19-10-8-7-9-18(19)36-4)23(28)31-26(32-24)25-29-20(37-5)15-21(30-25)38-6/h7-15H,1-6H3,(H,31,32,33). The summed E-state index contributed by atoms with van der Waals surface area (Å²) >= 11 is 6.55. The first-order valence-electron chi connectivity index (χ1n) is 11.9. The third-order valence-corrected chi connectivity index (χ3v) is 7.28. The Morgan fingerprint density at radius 3 is 1.90 bits per heavy atom. The van der Waals surface area contributed by atoms with Crippen molar-refractivity contribution in [2.75, 3.05) is 26.1 Å². The highest BCUT2D eigenvalue weighted by Gasteiger charge is 2.25. The smallest absolute Gasteiger partial charge is 0.263 e. The number of rotatable bonds is 9. The van der Waals surface area contributed by atoms with E-state index >= 15 is 0 Å². The fourth-order valence-corrected chi connectivity index (χ4v) is 4.74. The summed E-state index contributed by atoms with van der Waals surface area (Å²) in [5.74, 6) is 0.486. The number of para-hydroxylation sites is 2. The molecule has 0 fully saturated rings. The van der Waals surface area contributed by atoms with Gasteiger partial charge in [-0.2, -0.15) is 9.97 Å². The summed E-state index contributed by atoms with van der Waals surface area (Å²) in [5, 5.41) is -0.206. The number of hydrogen-bond donors (Lipinski definition) is 1. The minimum Gasteiger partial charge on any atom is -0.493 e. The van der Waals surface area contributed by atoms with Crippen LogP contribution in [0.3, 0.4) is 0 Å². The molecule has 11 nitrogen and oxygen atoms in total. The number of methoxy groups -OCH3 is 3. The largest absolute Gasteiger partial charge is 0.493 e. The van der Waals surface area contributed by atoms with Crippen LogP contribution in [0.25, 0.3) is 11.6 Å². The molecule has 13 heteroatoms. The van der Waals surface area contributed by atoms with E-state index in [0.29, 0.717) is 5.75 Å². The Balaban J connectivity index is 1.84. The molecule has 0 aliphatic heterocycles. The van der Waals surface area contributed by atoms with E-state index < -0.39 is 10.0 Å². The maximum atomic E-state index is 13.5. The number of nitrogens with one attached hydrogen (secondary N) is 1. The van der Waals surface area contributed by atoms with Gasteiger partial charge >= 0.3 is 0 Å². The predicted molar refractivity (Wildman–Crippen MR) is 150 cm³/mol. The Bertz CT molecular complexity index is 1600. The van der Waals surface area contributed by atoms with E-state index in [9.17, 15) is 8.42 Å². The second-order valence-corrected chi connectivity index (χ2v) is 11.5. The van der Waals surface area contributed by atoms with Gasteiger partial charge in [-0.3, -0.25) is 4.72 Å². The predicted octanol–water partition coefficient (Wildman–Crippen LogP) is 5.50. The molecule has 0 saturated carbocycles. The quantitative estimate of drug-likeness (QED) is 0.251. The van der Waals surface area contributed by atoms with Crippen LogP contribution in [0.1, 0.15) is 26.3 Å². The van der Waals surface area contributed by atoms with Gasteiger partial charge in [-0.15, -0.1) is 0 Å². The van der Waals surface area contributed by atoms with E-state index in [0.717, 1.165) is 5.56 Å². The number of halogens is 1. The average molecular weight is 586 g/mol. The van der Waals surface area contributed by atoms with Gasteiger partial charge in [-0.05, 0) is 35.2 Å². The SMILES string of the molecule is COc1cc(OC)nc(-c2nc(Cl)c(Oc3ccccc3OC)c(NS(=O)(=O)c3ccc(C(C)(C)C)cc3)n2)n1. The van der Waals surface area contributed by atoms with Crippen molar-refractivity contribution in [3.05, 3.63) is 65.3 Å². The Morgan fingerprint density at radius 1 is 0.775 bits per heavy atom. The molecule has 0 aliphatic carbocycles. The topological polar surface area (TPSA) is 135 Å². The zero-order chi connectivity index (χ0) is 29.1. The number of hydrogen-bond acceptors (Lipinski definition) is 10. The lowest BCUT2D eigenvalue weighted by Crippen LogP contribution is -2.17. The van der Waals surface area contributed by atoms with Crippen LogP contribution in [0, 0.1) is 0 Å². The van der Waals surface area contributed by atoms with Crippen molar-refractivity contribution in [3.63, 3.8) is 0 Å². The van der Waals surface area contributed by atoms with E-state index in [1.165, 1.54) is 39.5 Å². The zero-order valence-electron chi connectivity index (χ0n) is 22.7. The highest BCUT2D eigenvalue weighted by Crippen LogP contribution is 2.40. The summed E-state index contributed by atoms with van der Waals surface area (Å²) in [6, 6.07) is 14.8. The number of ether oxygens (including phenoxy) is 4. The van der Waals surface area contributed by atoms with Crippen LogP contribution >= 0.6 is 11.6 Å². The minimum atomic E-state index is -4.15. The Labute approximate surface area is 237 Å². The summed E-state index contributed by atoms with van der Waals surface area (Å²) in [6.45, 7) is 6.11. The molecule has 0 bridgehead atoms. The van der Waals surface area contributed by atoms with Gasteiger partial charge in [0.15, 0.2) is 22.5 Å². The van der Waals surface area contributed by atoms with Crippen LogP contribution in [-0.2, 0) is 15.4 Å². The molecule has 0 spiro atoms. The van der Waals surface area contributed by atoms with Crippen LogP contribution in [0.2, 0.25) is 5.15 Å². The molecule has 0 saturated heterocycles. The Hall–Kier alpha value is -4.16. The van der Waals surface area contributed by atoms with Gasteiger partial charge < -0.3 is 18.9 Å². The van der Waals surface area contributed by atoms with E-state index in [-0.39, 0.29) is 56.2 Å². The lowest BCUT2D eigenvalue weighted by Gasteiger charge is -2.19. The molecule has 0 unspecified atom stereocenters. The number of sulfonamides is 1. The highest BCUT2D eigenvalue weighted by molar-refractivity contribution is 7.92. The average Bonchev–Trinajstić information content (AvgIpc) is 2.94. The van der Waals surface area contributed by atoms with Gasteiger partial charge in [-0.25, -0.2) is 18.4 Å². The van der Waals surface area contributed by atoms with Crippen molar-refractivity contribution < 1.29 is 27.4 Å². The third-order valence-electron chi connectivity index (χ3n) is 5.66. The monoisotopic (exact) mass is 585 g/mol. The number of aromatic nitrogens is 4. The molecule has 0 radical (unpaired) electrons. The second-order valence-electron chi connectivity index (χ2n) is 9.42. The summed E-state index contributed by atoms with van der Waals surface area (Å²) < 4.78 is 51.2. The number of benzene rings is 2. The molecule has 0 aliphatic rings. The highest BCUT2D eigenvalue weighted by atomic mass is 35.5. The van der Waals surface area contributed by atoms with E-state index in [1.54, 1.807) is 36.4 Å². The van der Waals surface area contributed by atoms with Crippen LogP contribution in [-0.4, -0.2) is 49.7 Å². The number of nitrogens with zero attached hydrogens (tertiary/aromatic N) is 4. The van der Waals surface area contributed by atoms with E-state index in [4.69, 9.17) is 30.5 Å². The molecule has 0 atom stereocenters. The van der Waals surface area contributed by atoms with Crippen molar-refractivity contribution in [2.24, 2.45) is 0 Å². The molecule has 4 rings (SSSR count). The van der Waals surface area contributed by atoms with Crippen LogP contribution < -0.4 is 23.7 Å². The molecule has 0 amide bonds. The van der Waals surface area contributed by atoms with Gasteiger partial charge in [0.2, 0.25) is 29.2 Å². The molecule has 1 N–H and O–H groups in total. The van der Waals surface area contributed by atoms with Gasteiger partial charge in [0.05, 0.1) is 32.3 Å². The van der Waals surface area contributed by atoms with Crippen molar-refractivity contribution in [3.8, 4) is 40.7 Å². The normalized spacial score (nSPS) is 11.6. The first-order chi connectivity index (χ1) is 18.9. The molecule has 210 valence electrons. The van der Waals surface area contributed by atoms with Crippen LogP contribution in [0.15, 0.2) is 59.5 Å². The molecule has 2 aromatic carbocycles. The minimum absolute atomic E-state index is 0.0133. The van der Waals surface area contributed by atoms with Crippen molar-refractivity contribution in [1.29, 1.82) is 0 Å². The van der Waals surface area contributed by atoms with E-state index in [1.807, 2.05) is 20.8 Å². The molecule has 40 heavy (non-hydrogen) atoms. The lowest BCUT2D eigenvalue weighted by molar-refractivity contribution is 0.372. The molecular weight excluding hydrogens is 558 g/mol. The fourth-order valence-electron chi connectivity index (χ4n) is 3.53. The Kier molecular flexibility index (Phi) is 8.31. The first kappa shape index (κ1) is 28.8. The molecular formula is C27H28ClN5O6S. The van der Waals surface area contributed by atoms with Crippen molar-refractivity contribution in [1.82, 2.24) is 19.9 Å². The maximum Gasteiger partial charge on any atom is 0.263 e.